The van der Waals surface area contributed by atoms with Crippen molar-refractivity contribution in [1.29, 1.82) is 0 Å². The normalized spacial score (nSPS) is 12.2. The Morgan fingerprint density at radius 3 is 1.38 bits per heavy atom. The summed E-state index contributed by atoms with van der Waals surface area (Å²) in [4.78, 5) is 0. The number of nitrogens with zero attached hydrogens (tertiary/aromatic N) is 2. The molecule has 0 spiro atoms. The lowest BCUT2D eigenvalue weighted by Crippen LogP contribution is -2.70. The zero-order chi connectivity index (χ0) is 32.3. The molecule has 0 aliphatic carbocycles. The van der Waals surface area contributed by atoms with Gasteiger partial charge in [-0.05, 0) is 66.1 Å². The molecular formula is C40H37N7. The summed E-state index contributed by atoms with van der Waals surface area (Å²) < 4.78 is 4.61. The van der Waals surface area contributed by atoms with Crippen LogP contribution >= 0.6 is 0 Å². The van der Waals surface area contributed by atoms with Gasteiger partial charge >= 0.3 is 0 Å². The predicted octanol–water partition coefficient (Wildman–Crippen LogP) is 7.34. The van der Waals surface area contributed by atoms with Gasteiger partial charge in [0.05, 0.1) is 22.1 Å². The van der Waals surface area contributed by atoms with Crippen LogP contribution in [-0.2, 0) is 6.42 Å². The third-order valence-corrected chi connectivity index (χ3v) is 9.34. The SMILES string of the molecule is CCc1cc(-n2c3ccccc3c3ccccc32)ccc1-c1ccc(-n2c3ccccc3c3ccccc32)cc1NC(N)(N)C(N)N. The number of nitrogens with two attached hydrogens (primary N) is 4. The molecule has 8 rings (SSSR count). The standard InChI is InChI=1S/C40H37N7/c1-2-25-23-26(46-35-15-7-3-11-30(35)31-12-4-8-16-36(31)46)19-21-28(25)29-22-20-27(24-34(29)45-40(43,44)39(41)42)47-37-17-9-5-13-32(37)33-14-6-10-18-38(33)47/h3-24,39,45H,2,41-44H2,1H3. The van der Waals surface area contributed by atoms with Gasteiger partial charge in [0, 0.05) is 44.2 Å². The van der Waals surface area contributed by atoms with Crippen LogP contribution in [0.5, 0.6) is 0 Å². The van der Waals surface area contributed by atoms with Crippen molar-refractivity contribution in [3.8, 4) is 22.5 Å². The van der Waals surface area contributed by atoms with E-state index in [-0.39, 0.29) is 0 Å². The van der Waals surface area contributed by atoms with Crippen molar-refractivity contribution in [3.63, 3.8) is 0 Å². The number of para-hydroxylation sites is 4. The van der Waals surface area contributed by atoms with Crippen molar-refractivity contribution in [2.24, 2.45) is 22.9 Å². The highest BCUT2D eigenvalue weighted by molar-refractivity contribution is 6.10. The highest BCUT2D eigenvalue weighted by Crippen LogP contribution is 2.39. The van der Waals surface area contributed by atoms with E-state index >= 15 is 0 Å². The molecule has 0 saturated heterocycles. The first-order valence-electron chi connectivity index (χ1n) is 16.0. The lowest BCUT2D eigenvalue weighted by atomic mass is 9.95. The molecule has 9 N–H and O–H groups in total. The van der Waals surface area contributed by atoms with E-state index in [2.05, 4.69) is 155 Å². The molecule has 0 radical (unpaired) electrons. The average molecular weight is 616 g/mol. The molecule has 8 aromatic rings. The number of aromatic nitrogens is 2. The number of hydrogen-bond donors (Lipinski definition) is 5. The molecular weight excluding hydrogens is 578 g/mol. The lowest BCUT2D eigenvalue weighted by molar-refractivity contribution is 0.410. The Morgan fingerprint density at radius 1 is 0.553 bits per heavy atom. The predicted molar refractivity (Wildman–Crippen MR) is 197 cm³/mol. The maximum atomic E-state index is 6.46. The first-order chi connectivity index (χ1) is 22.9. The Kier molecular flexibility index (Phi) is 6.86. The third kappa shape index (κ3) is 4.68. The van der Waals surface area contributed by atoms with Crippen molar-refractivity contribution in [3.05, 3.63) is 139 Å². The van der Waals surface area contributed by atoms with Crippen LogP contribution in [0.2, 0.25) is 0 Å². The van der Waals surface area contributed by atoms with Gasteiger partial charge in [-0.2, -0.15) is 0 Å². The van der Waals surface area contributed by atoms with Gasteiger partial charge in [0.1, 0.15) is 6.17 Å². The van der Waals surface area contributed by atoms with Crippen LogP contribution in [0.4, 0.5) is 5.69 Å². The van der Waals surface area contributed by atoms with E-state index in [4.69, 9.17) is 22.9 Å². The molecule has 6 aromatic carbocycles. The van der Waals surface area contributed by atoms with Crippen molar-refractivity contribution in [1.82, 2.24) is 9.13 Å². The molecule has 7 heteroatoms. The van der Waals surface area contributed by atoms with Gasteiger partial charge in [0.25, 0.3) is 0 Å². The minimum Gasteiger partial charge on any atom is -0.352 e. The molecule has 2 aromatic heterocycles. The van der Waals surface area contributed by atoms with Gasteiger partial charge in [-0.15, -0.1) is 0 Å². The van der Waals surface area contributed by atoms with Crippen LogP contribution < -0.4 is 28.3 Å². The van der Waals surface area contributed by atoms with Gasteiger partial charge in [-0.25, -0.2) is 0 Å². The van der Waals surface area contributed by atoms with E-state index in [1.165, 1.54) is 38.1 Å². The number of anilines is 1. The van der Waals surface area contributed by atoms with Gasteiger partial charge in [0.15, 0.2) is 5.79 Å². The van der Waals surface area contributed by atoms with E-state index < -0.39 is 12.0 Å². The summed E-state index contributed by atoms with van der Waals surface area (Å²) in [7, 11) is 0. The minimum atomic E-state index is -1.55. The first-order valence-corrected chi connectivity index (χ1v) is 16.0. The highest BCUT2D eigenvalue weighted by Gasteiger charge is 2.27. The molecule has 0 bridgehead atoms. The van der Waals surface area contributed by atoms with Crippen LogP contribution in [0.25, 0.3) is 66.1 Å². The van der Waals surface area contributed by atoms with Crippen LogP contribution in [0.15, 0.2) is 133 Å². The highest BCUT2D eigenvalue weighted by atomic mass is 15.3. The molecule has 0 atom stereocenters. The number of hydrogen-bond acceptors (Lipinski definition) is 5. The number of benzene rings is 6. The number of rotatable bonds is 7. The Balaban J connectivity index is 1.32. The zero-order valence-electron chi connectivity index (χ0n) is 26.2. The first kappa shape index (κ1) is 29.0. The van der Waals surface area contributed by atoms with Gasteiger partial charge in [0.2, 0.25) is 0 Å². The summed E-state index contributed by atoms with van der Waals surface area (Å²) in [6.45, 7) is 2.18. The van der Waals surface area contributed by atoms with Crippen molar-refractivity contribution < 1.29 is 0 Å². The third-order valence-electron chi connectivity index (χ3n) is 9.34. The molecule has 0 aliphatic rings. The fourth-order valence-electron chi connectivity index (χ4n) is 7.00. The topological polar surface area (TPSA) is 126 Å². The molecule has 0 fully saturated rings. The van der Waals surface area contributed by atoms with E-state index in [1.807, 2.05) is 0 Å². The van der Waals surface area contributed by atoms with Crippen molar-refractivity contribution in [2.45, 2.75) is 25.3 Å². The van der Waals surface area contributed by atoms with Gasteiger partial charge in [-0.1, -0.05) is 91.9 Å². The largest absolute Gasteiger partial charge is 0.352 e. The second kappa shape index (κ2) is 11.1. The van der Waals surface area contributed by atoms with Gasteiger partial charge in [-0.3, -0.25) is 11.5 Å². The van der Waals surface area contributed by atoms with E-state index in [0.29, 0.717) is 0 Å². The Labute approximate surface area is 273 Å². The summed E-state index contributed by atoms with van der Waals surface area (Å²) in [6.07, 6.45) is -0.183. The number of aryl methyl sites for hydroxylation is 1. The van der Waals surface area contributed by atoms with Crippen LogP contribution in [0.3, 0.4) is 0 Å². The lowest BCUT2D eigenvalue weighted by Gasteiger charge is -2.32. The monoisotopic (exact) mass is 615 g/mol. The van der Waals surface area contributed by atoms with E-state index in [0.717, 1.165) is 45.6 Å². The fourth-order valence-corrected chi connectivity index (χ4v) is 7.00. The Hall–Kier alpha value is -5.44. The maximum absolute atomic E-state index is 6.46. The Morgan fingerprint density at radius 2 is 0.957 bits per heavy atom. The minimum absolute atomic E-state index is 0.745. The summed E-state index contributed by atoms with van der Waals surface area (Å²) in [5, 5.41) is 8.15. The zero-order valence-corrected chi connectivity index (χ0v) is 26.2. The molecule has 0 aliphatic heterocycles. The summed E-state index contributed by atoms with van der Waals surface area (Å²) in [5.41, 5.74) is 35.7. The van der Waals surface area contributed by atoms with Crippen molar-refractivity contribution in [2.75, 3.05) is 5.32 Å². The quantitative estimate of drug-likeness (QED) is 0.120. The number of fused-ring (bicyclic) bond motifs is 6. The summed E-state index contributed by atoms with van der Waals surface area (Å²) in [5.74, 6) is -1.55. The molecule has 2 heterocycles. The van der Waals surface area contributed by atoms with Gasteiger partial charge < -0.3 is 25.9 Å². The second-order valence-electron chi connectivity index (χ2n) is 12.2. The Bertz CT molecular complexity index is 2340. The van der Waals surface area contributed by atoms with Crippen LogP contribution in [0.1, 0.15) is 12.5 Å². The molecule has 232 valence electrons. The molecule has 0 unspecified atom stereocenters. The summed E-state index contributed by atoms with van der Waals surface area (Å²) in [6, 6.07) is 47.0. The number of nitrogens with one attached hydrogen (secondary N) is 1. The fraction of sp³-hybridized carbons (Fsp3) is 0.100. The molecule has 0 amide bonds. The van der Waals surface area contributed by atoms with E-state index in [9.17, 15) is 0 Å². The molecule has 47 heavy (non-hydrogen) atoms. The molecule has 7 nitrogen and oxygen atoms in total. The second-order valence-corrected chi connectivity index (χ2v) is 12.2. The average Bonchev–Trinajstić information content (AvgIpc) is 3.61. The maximum Gasteiger partial charge on any atom is 0.168 e. The molecule has 0 saturated carbocycles. The van der Waals surface area contributed by atoms with Crippen LogP contribution in [0, 0.1) is 0 Å². The summed E-state index contributed by atoms with van der Waals surface area (Å²) >= 11 is 0. The van der Waals surface area contributed by atoms with Crippen molar-refractivity contribution >= 4 is 49.3 Å². The van der Waals surface area contributed by atoms with E-state index in [1.54, 1.807) is 0 Å². The van der Waals surface area contributed by atoms with Crippen LogP contribution in [-0.4, -0.2) is 21.1 Å². The smallest absolute Gasteiger partial charge is 0.168 e.